The van der Waals surface area contributed by atoms with E-state index in [2.05, 4.69) is 18.5 Å². The van der Waals surface area contributed by atoms with Crippen LogP contribution in [-0.4, -0.2) is 25.2 Å². The third-order valence-electron chi connectivity index (χ3n) is 3.08. The predicted molar refractivity (Wildman–Crippen MR) is 77.0 cm³/mol. The lowest BCUT2D eigenvalue weighted by Gasteiger charge is -2.16. The molecule has 1 aromatic carbocycles. The van der Waals surface area contributed by atoms with Crippen LogP contribution in [0.1, 0.15) is 31.9 Å². The minimum Gasteiger partial charge on any atom is -0.494 e. The molecule has 0 bridgehead atoms. The van der Waals surface area contributed by atoms with Gasteiger partial charge in [0.1, 0.15) is 0 Å². The molecule has 2 nitrogen and oxygen atoms in total. The first-order valence-electron chi connectivity index (χ1n) is 6.18. The number of thioether (sulfide) groups is 1. The maximum Gasteiger partial charge on any atom is 0.165 e. The highest BCUT2D eigenvalue weighted by Crippen LogP contribution is 2.21. The van der Waals surface area contributed by atoms with Crippen LogP contribution in [-0.2, 0) is 0 Å². The van der Waals surface area contributed by atoms with Crippen LogP contribution in [0.3, 0.4) is 0 Å². The summed E-state index contributed by atoms with van der Waals surface area (Å²) in [6.07, 6.45) is 3.23. The number of ether oxygens (including phenoxy) is 1. The minimum absolute atomic E-state index is 0.152. The molecule has 0 spiro atoms. The van der Waals surface area contributed by atoms with Crippen molar-refractivity contribution in [1.29, 1.82) is 0 Å². The summed E-state index contributed by atoms with van der Waals surface area (Å²) in [4.78, 5) is 0. The standard InChI is InChI=1S/C14H22FNOS/c1-10(18-4)7-8-16-11(2)12-5-6-14(17-3)13(15)9-12/h5-6,9-11,16H,7-8H2,1-4H3. The smallest absolute Gasteiger partial charge is 0.165 e. The van der Waals surface area contributed by atoms with Crippen molar-refractivity contribution >= 4 is 11.8 Å². The highest BCUT2D eigenvalue weighted by atomic mass is 32.2. The molecule has 0 radical (unpaired) electrons. The molecule has 0 heterocycles. The average Bonchev–Trinajstić information content (AvgIpc) is 2.38. The Labute approximate surface area is 113 Å². The van der Waals surface area contributed by atoms with Crippen molar-refractivity contribution in [1.82, 2.24) is 5.32 Å². The van der Waals surface area contributed by atoms with E-state index in [-0.39, 0.29) is 11.9 Å². The molecule has 1 N–H and O–H groups in total. The quantitative estimate of drug-likeness (QED) is 0.818. The summed E-state index contributed by atoms with van der Waals surface area (Å²) in [5.74, 6) is -0.0110. The third kappa shape index (κ3) is 4.50. The fourth-order valence-corrected chi connectivity index (χ4v) is 2.04. The van der Waals surface area contributed by atoms with Crippen molar-refractivity contribution in [3.05, 3.63) is 29.6 Å². The average molecular weight is 271 g/mol. The fourth-order valence-electron chi connectivity index (χ4n) is 1.69. The molecular formula is C14H22FNOS. The van der Waals surface area contributed by atoms with Crippen LogP contribution in [0, 0.1) is 5.82 Å². The van der Waals surface area contributed by atoms with Crippen molar-refractivity contribution in [2.24, 2.45) is 0 Å². The van der Waals surface area contributed by atoms with E-state index in [0.29, 0.717) is 11.0 Å². The van der Waals surface area contributed by atoms with E-state index in [1.807, 2.05) is 24.8 Å². The first kappa shape index (κ1) is 15.3. The molecule has 2 atom stereocenters. The van der Waals surface area contributed by atoms with Gasteiger partial charge in [0.2, 0.25) is 0 Å². The number of halogens is 1. The second-order valence-corrected chi connectivity index (χ2v) is 5.68. The summed E-state index contributed by atoms with van der Waals surface area (Å²) in [7, 11) is 1.48. The largest absolute Gasteiger partial charge is 0.494 e. The molecule has 0 aliphatic rings. The van der Waals surface area contributed by atoms with Gasteiger partial charge in [-0.2, -0.15) is 11.8 Å². The zero-order valence-electron chi connectivity index (χ0n) is 11.5. The Balaban J connectivity index is 2.51. The van der Waals surface area contributed by atoms with Crippen molar-refractivity contribution in [3.8, 4) is 5.75 Å². The van der Waals surface area contributed by atoms with Crippen LogP contribution in [0.4, 0.5) is 4.39 Å². The molecule has 0 fully saturated rings. The van der Waals surface area contributed by atoms with Gasteiger partial charge in [-0.25, -0.2) is 4.39 Å². The highest BCUT2D eigenvalue weighted by Gasteiger charge is 2.09. The number of nitrogens with one attached hydrogen (secondary N) is 1. The van der Waals surface area contributed by atoms with Gasteiger partial charge in [0.15, 0.2) is 11.6 Å². The Kier molecular flexibility index (Phi) is 6.50. The lowest BCUT2D eigenvalue weighted by molar-refractivity contribution is 0.385. The number of benzene rings is 1. The van der Waals surface area contributed by atoms with E-state index in [9.17, 15) is 4.39 Å². The van der Waals surface area contributed by atoms with Crippen LogP contribution >= 0.6 is 11.8 Å². The van der Waals surface area contributed by atoms with Crippen LogP contribution in [0.2, 0.25) is 0 Å². The Morgan fingerprint density at radius 1 is 1.39 bits per heavy atom. The van der Waals surface area contributed by atoms with Gasteiger partial charge in [0.05, 0.1) is 7.11 Å². The van der Waals surface area contributed by atoms with Crippen molar-refractivity contribution < 1.29 is 9.13 Å². The van der Waals surface area contributed by atoms with Crippen molar-refractivity contribution in [2.75, 3.05) is 19.9 Å². The molecule has 1 aromatic rings. The molecule has 18 heavy (non-hydrogen) atoms. The van der Waals surface area contributed by atoms with Gasteiger partial charge in [0, 0.05) is 11.3 Å². The molecule has 0 saturated carbocycles. The van der Waals surface area contributed by atoms with E-state index in [1.165, 1.54) is 13.2 Å². The summed E-state index contributed by atoms with van der Waals surface area (Å²) in [6, 6.07) is 5.26. The molecule has 0 aliphatic heterocycles. The second-order valence-electron chi connectivity index (χ2n) is 4.40. The number of methoxy groups -OCH3 is 1. The summed E-state index contributed by atoms with van der Waals surface area (Å²) in [5.41, 5.74) is 0.949. The summed E-state index contributed by atoms with van der Waals surface area (Å²) in [5, 5.41) is 4.06. The lowest BCUT2D eigenvalue weighted by atomic mass is 10.1. The SMILES string of the molecule is COc1ccc(C(C)NCCC(C)SC)cc1F. The van der Waals surface area contributed by atoms with Gasteiger partial charge in [-0.1, -0.05) is 13.0 Å². The van der Waals surface area contributed by atoms with E-state index in [1.54, 1.807) is 6.07 Å². The molecular weight excluding hydrogens is 249 g/mol. The molecule has 0 aliphatic carbocycles. The molecule has 2 unspecified atom stereocenters. The van der Waals surface area contributed by atoms with Gasteiger partial charge >= 0.3 is 0 Å². The van der Waals surface area contributed by atoms with E-state index in [4.69, 9.17) is 4.74 Å². The zero-order chi connectivity index (χ0) is 13.5. The highest BCUT2D eigenvalue weighted by molar-refractivity contribution is 7.99. The molecule has 0 aromatic heterocycles. The van der Waals surface area contributed by atoms with Gasteiger partial charge in [0.25, 0.3) is 0 Å². The maximum absolute atomic E-state index is 13.6. The van der Waals surface area contributed by atoms with Crippen LogP contribution in [0.25, 0.3) is 0 Å². The monoisotopic (exact) mass is 271 g/mol. The molecule has 0 amide bonds. The van der Waals surface area contributed by atoms with Gasteiger partial charge in [-0.15, -0.1) is 0 Å². The fraction of sp³-hybridized carbons (Fsp3) is 0.571. The van der Waals surface area contributed by atoms with Crippen molar-refractivity contribution in [2.45, 2.75) is 31.6 Å². The number of hydrogen-bond donors (Lipinski definition) is 1. The first-order chi connectivity index (χ1) is 8.58. The van der Waals surface area contributed by atoms with E-state index < -0.39 is 0 Å². The first-order valence-corrected chi connectivity index (χ1v) is 7.47. The zero-order valence-corrected chi connectivity index (χ0v) is 12.3. The summed E-state index contributed by atoms with van der Waals surface area (Å²) < 4.78 is 18.5. The normalized spacial score (nSPS) is 14.3. The van der Waals surface area contributed by atoms with Crippen molar-refractivity contribution in [3.63, 3.8) is 0 Å². The molecule has 0 saturated heterocycles. The molecule has 4 heteroatoms. The summed E-state index contributed by atoms with van der Waals surface area (Å²) in [6.45, 7) is 5.20. The third-order valence-corrected chi connectivity index (χ3v) is 4.12. The Morgan fingerprint density at radius 3 is 2.67 bits per heavy atom. The number of rotatable bonds is 7. The van der Waals surface area contributed by atoms with E-state index >= 15 is 0 Å². The molecule has 102 valence electrons. The maximum atomic E-state index is 13.6. The van der Waals surface area contributed by atoms with Gasteiger partial charge < -0.3 is 10.1 Å². The predicted octanol–water partition coefficient (Wildman–Crippen LogP) is 3.63. The Bertz CT molecular complexity index is 373. The lowest BCUT2D eigenvalue weighted by Crippen LogP contribution is -2.22. The number of hydrogen-bond acceptors (Lipinski definition) is 3. The summed E-state index contributed by atoms with van der Waals surface area (Å²) >= 11 is 1.86. The van der Waals surface area contributed by atoms with Crippen LogP contribution in [0.15, 0.2) is 18.2 Å². The topological polar surface area (TPSA) is 21.3 Å². The van der Waals surface area contributed by atoms with E-state index in [0.717, 1.165) is 18.5 Å². The van der Waals surface area contributed by atoms with Crippen LogP contribution < -0.4 is 10.1 Å². The minimum atomic E-state index is -0.305. The second kappa shape index (κ2) is 7.64. The Morgan fingerprint density at radius 2 is 2.11 bits per heavy atom. The van der Waals surface area contributed by atoms with Crippen LogP contribution in [0.5, 0.6) is 5.75 Å². The van der Waals surface area contributed by atoms with Gasteiger partial charge in [-0.3, -0.25) is 0 Å². The van der Waals surface area contributed by atoms with Gasteiger partial charge in [-0.05, 0) is 43.8 Å². The molecule has 1 rings (SSSR count). The Hall–Kier alpha value is -0.740.